The van der Waals surface area contributed by atoms with Gasteiger partial charge in [0.15, 0.2) is 11.5 Å². The number of aromatic carboxylic acids is 1. The van der Waals surface area contributed by atoms with Crippen LogP contribution in [0.2, 0.25) is 0 Å². The van der Waals surface area contributed by atoms with Crippen LogP contribution in [-0.2, 0) is 6.42 Å². The summed E-state index contributed by atoms with van der Waals surface area (Å²) in [6.45, 7) is 3.42. The highest BCUT2D eigenvalue weighted by atomic mass is 16.7. The van der Waals surface area contributed by atoms with E-state index in [0.717, 1.165) is 67.7 Å². The lowest BCUT2D eigenvalue weighted by atomic mass is 9.98. The quantitative estimate of drug-likeness (QED) is 0.544. The zero-order valence-electron chi connectivity index (χ0n) is 17.4. The third-order valence-electron chi connectivity index (χ3n) is 6.22. The maximum atomic E-state index is 11.2. The average molecular weight is 418 g/mol. The third-order valence-corrected chi connectivity index (χ3v) is 6.22. The molecule has 0 unspecified atom stereocenters. The fourth-order valence-corrected chi connectivity index (χ4v) is 4.44. The summed E-state index contributed by atoms with van der Waals surface area (Å²) in [4.78, 5) is 17.0. The number of aryl methyl sites for hydroxylation is 1. The van der Waals surface area contributed by atoms with Crippen LogP contribution in [0, 0.1) is 0 Å². The van der Waals surface area contributed by atoms with Gasteiger partial charge in [-0.25, -0.2) is 4.79 Å². The second-order valence-corrected chi connectivity index (χ2v) is 8.18. The molecule has 3 heterocycles. The predicted octanol–water partition coefficient (Wildman–Crippen LogP) is 4.71. The van der Waals surface area contributed by atoms with Crippen LogP contribution in [0.3, 0.4) is 0 Å². The second kappa shape index (κ2) is 8.47. The van der Waals surface area contributed by atoms with E-state index in [9.17, 15) is 9.90 Å². The number of aromatic nitrogens is 1. The summed E-state index contributed by atoms with van der Waals surface area (Å²) in [5, 5.41) is 10.3. The van der Waals surface area contributed by atoms with Gasteiger partial charge in [0.05, 0.1) is 5.56 Å². The fourth-order valence-electron chi connectivity index (χ4n) is 4.44. The van der Waals surface area contributed by atoms with Gasteiger partial charge in [0.2, 0.25) is 6.79 Å². The standard InChI is InChI=1S/C25H26N2O4/c28-25(29)19-4-6-22-21(13-19)20(15-26-22)3-1-2-10-27-11-8-17(9-12-27)18-5-7-23-24(14-18)31-16-30-23/h4-8,13-15,26H,1-3,9-12,16H2,(H,28,29). The molecule has 2 aromatic carbocycles. The van der Waals surface area contributed by atoms with E-state index in [1.165, 1.54) is 16.7 Å². The molecule has 31 heavy (non-hydrogen) atoms. The Morgan fingerprint density at radius 2 is 2.00 bits per heavy atom. The number of ether oxygens (including phenoxy) is 2. The minimum atomic E-state index is -0.882. The number of hydrogen-bond donors (Lipinski definition) is 2. The van der Waals surface area contributed by atoms with Gasteiger partial charge >= 0.3 is 5.97 Å². The maximum Gasteiger partial charge on any atom is 0.335 e. The monoisotopic (exact) mass is 418 g/mol. The van der Waals surface area contributed by atoms with Crippen molar-refractivity contribution in [2.75, 3.05) is 26.4 Å². The lowest BCUT2D eigenvalue weighted by Crippen LogP contribution is -2.29. The second-order valence-electron chi connectivity index (χ2n) is 8.18. The lowest BCUT2D eigenvalue weighted by Gasteiger charge is -2.26. The summed E-state index contributed by atoms with van der Waals surface area (Å²) in [5.74, 6) is 0.789. The van der Waals surface area contributed by atoms with Crippen molar-refractivity contribution >= 4 is 22.4 Å². The zero-order valence-corrected chi connectivity index (χ0v) is 17.4. The molecule has 0 fully saturated rings. The summed E-state index contributed by atoms with van der Waals surface area (Å²) in [6.07, 6.45) is 8.54. The molecule has 2 aliphatic heterocycles. The van der Waals surface area contributed by atoms with Crippen molar-refractivity contribution in [2.45, 2.75) is 25.7 Å². The number of carboxylic acid groups (broad SMARTS) is 1. The van der Waals surface area contributed by atoms with Crippen LogP contribution in [0.4, 0.5) is 0 Å². The highest BCUT2D eigenvalue weighted by molar-refractivity contribution is 5.94. The van der Waals surface area contributed by atoms with E-state index >= 15 is 0 Å². The highest BCUT2D eigenvalue weighted by Gasteiger charge is 2.17. The van der Waals surface area contributed by atoms with Crippen molar-refractivity contribution in [3.05, 3.63) is 65.4 Å². The SMILES string of the molecule is O=C(O)c1ccc2[nH]cc(CCCCN3CC=C(c4ccc5c(c4)OCO5)CC3)c2c1. The van der Waals surface area contributed by atoms with E-state index in [-0.39, 0.29) is 0 Å². The summed E-state index contributed by atoms with van der Waals surface area (Å²) in [7, 11) is 0. The Kier molecular flexibility index (Phi) is 5.38. The third kappa shape index (κ3) is 4.16. The Hall–Kier alpha value is -3.25. The van der Waals surface area contributed by atoms with Crippen LogP contribution in [0.25, 0.3) is 16.5 Å². The van der Waals surface area contributed by atoms with Gasteiger partial charge in [0.1, 0.15) is 0 Å². The number of carbonyl (C=O) groups is 1. The van der Waals surface area contributed by atoms with E-state index in [2.05, 4.69) is 28.1 Å². The van der Waals surface area contributed by atoms with Crippen LogP contribution in [-0.4, -0.2) is 47.4 Å². The summed E-state index contributed by atoms with van der Waals surface area (Å²) in [5.41, 5.74) is 5.14. The highest BCUT2D eigenvalue weighted by Crippen LogP contribution is 2.35. The van der Waals surface area contributed by atoms with Gasteiger partial charge in [-0.2, -0.15) is 0 Å². The number of hydrogen-bond acceptors (Lipinski definition) is 4. The van der Waals surface area contributed by atoms with Gasteiger partial charge in [-0.1, -0.05) is 12.1 Å². The molecule has 0 amide bonds. The molecule has 0 aliphatic carbocycles. The van der Waals surface area contributed by atoms with Crippen molar-refractivity contribution in [2.24, 2.45) is 0 Å². The Bertz CT molecular complexity index is 1150. The molecule has 0 radical (unpaired) electrons. The number of rotatable bonds is 7. The first-order valence-electron chi connectivity index (χ1n) is 10.8. The van der Waals surface area contributed by atoms with Gasteiger partial charge in [-0.05, 0) is 79.3 Å². The first-order chi connectivity index (χ1) is 15.2. The van der Waals surface area contributed by atoms with Crippen molar-refractivity contribution in [3.8, 4) is 11.5 Å². The van der Waals surface area contributed by atoms with Gasteiger partial charge in [-0.3, -0.25) is 4.90 Å². The Morgan fingerprint density at radius 3 is 2.84 bits per heavy atom. The molecule has 1 aromatic heterocycles. The number of benzene rings is 2. The van der Waals surface area contributed by atoms with E-state index in [1.807, 2.05) is 18.3 Å². The average Bonchev–Trinajstić information content (AvgIpc) is 3.43. The number of aromatic amines is 1. The van der Waals surface area contributed by atoms with Crippen molar-refractivity contribution in [1.82, 2.24) is 9.88 Å². The molecule has 2 N–H and O–H groups in total. The van der Waals surface area contributed by atoms with Gasteiger partial charge in [-0.15, -0.1) is 0 Å². The van der Waals surface area contributed by atoms with Gasteiger partial charge in [0, 0.05) is 30.2 Å². The summed E-state index contributed by atoms with van der Waals surface area (Å²) >= 11 is 0. The van der Waals surface area contributed by atoms with Crippen molar-refractivity contribution < 1.29 is 19.4 Å². The molecular weight excluding hydrogens is 392 g/mol. The fraction of sp³-hybridized carbons (Fsp3) is 0.320. The molecule has 160 valence electrons. The van der Waals surface area contributed by atoms with E-state index in [1.54, 1.807) is 12.1 Å². The Balaban J connectivity index is 1.12. The molecule has 0 saturated carbocycles. The van der Waals surface area contributed by atoms with E-state index in [4.69, 9.17) is 9.47 Å². The molecule has 5 rings (SSSR count). The van der Waals surface area contributed by atoms with E-state index < -0.39 is 5.97 Å². The zero-order chi connectivity index (χ0) is 21.2. The first-order valence-corrected chi connectivity index (χ1v) is 10.8. The summed E-state index contributed by atoms with van der Waals surface area (Å²) < 4.78 is 10.9. The van der Waals surface area contributed by atoms with Crippen LogP contribution >= 0.6 is 0 Å². The van der Waals surface area contributed by atoms with Gasteiger partial charge < -0.3 is 19.6 Å². The predicted molar refractivity (Wildman–Crippen MR) is 120 cm³/mol. The molecule has 0 spiro atoms. The first kappa shape index (κ1) is 19.7. The molecule has 0 atom stereocenters. The lowest BCUT2D eigenvalue weighted by molar-refractivity contribution is 0.0697. The van der Waals surface area contributed by atoms with Crippen LogP contribution in [0.15, 0.2) is 48.7 Å². The molecule has 0 saturated heterocycles. The largest absolute Gasteiger partial charge is 0.478 e. The Labute approximate surface area is 181 Å². The number of nitrogens with zero attached hydrogens (tertiary/aromatic N) is 1. The molecular formula is C25H26N2O4. The molecule has 6 heteroatoms. The molecule has 0 bridgehead atoms. The van der Waals surface area contributed by atoms with Crippen LogP contribution in [0.1, 0.15) is 40.7 Å². The number of H-pyrrole nitrogens is 1. The number of nitrogens with one attached hydrogen (secondary N) is 1. The minimum Gasteiger partial charge on any atom is -0.478 e. The van der Waals surface area contributed by atoms with Crippen molar-refractivity contribution in [3.63, 3.8) is 0 Å². The Morgan fingerprint density at radius 1 is 1.10 bits per heavy atom. The van der Waals surface area contributed by atoms with Crippen LogP contribution in [0.5, 0.6) is 11.5 Å². The maximum absolute atomic E-state index is 11.2. The smallest absolute Gasteiger partial charge is 0.335 e. The van der Waals surface area contributed by atoms with Crippen molar-refractivity contribution in [1.29, 1.82) is 0 Å². The molecule has 2 aliphatic rings. The van der Waals surface area contributed by atoms with E-state index in [0.29, 0.717) is 12.4 Å². The summed E-state index contributed by atoms with van der Waals surface area (Å²) in [6, 6.07) is 11.5. The topological polar surface area (TPSA) is 74.8 Å². The van der Waals surface area contributed by atoms with Crippen LogP contribution < -0.4 is 9.47 Å². The number of carboxylic acids is 1. The molecule has 3 aromatic rings. The normalized spacial score (nSPS) is 15.9. The van der Waals surface area contributed by atoms with Gasteiger partial charge in [0.25, 0.3) is 0 Å². The number of fused-ring (bicyclic) bond motifs is 2. The minimum absolute atomic E-state index is 0.310. The number of unbranched alkanes of at least 4 members (excludes halogenated alkanes) is 1. The molecule has 6 nitrogen and oxygen atoms in total.